The number of nitrogens with zero attached hydrogens (tertiary/aromatic N) is 4. The van der Waals surface area contributed by atoms with E-state index in [2.05, 4.69) is 31.2 Å². The van der Waals surface area contributed by atoms with Crippen molar-refractivity contribution < 1.29 is 23.7 Å². The molecule has 0 saturated carbocycles. The van der Waals surface area contributed by atoms with E-state index in [4.69, 9.17) is 18.9 Å². The Morgan fingerprint density at radius 1 is 0.895 bits per heavy atom. The molecule has 10 heteroatoms. The average Bonchev–Trinajstić information content (AvgIpc) is 2.88. The van der Waals surface area contributed by atoms with Crippen molar-refractivity contribution >= 4 is 22.5 Å². The molecule has 38 heavy (non-hydrogen) atoms. The number of carbonyl (C=O) groups is 1. The summed E-state index contributed by atoms with van der Waals surface area (Å²) in [6.45, 7) is 2.79. The fourth-order valence-electron chi connectivity index (χ4n) is 4.12. The second-order valence-corrected chi connectivity index (χ2v) is 9.00. The van der Waals surface area contributed by atoms with Gasteiger partial charge in [-0.2, -0.15) is 0 Å². The highest BCUT2D eigenvalue weighted by Gasteiger charge is 2.16. The third kappa shape index (κ3) is 6.27. The number of ether oxygens (including phenoxy) is 4. The topological polar surface area (TPSA) is 108 Å². The molecule has 0 aliphatic rings. The summed E-state index contributed by atoms with van der Waals surface area (Å²) in [5.41, 5.74) is 4.05. The zero-order valence-corrected chi connectivity index (χ0v) is 22.4. The molecule has 1 N–H and O–H groups in total. The van der Waals surface area contributed by atoms with Crippen LogP contribution in [0.4, 0.5) is 5.69 Å². The standard InChI is InChI=1S/C28H31N5O5/c1-17-7-18(15-33(2)3)9-19(8-17)32-27(34)13-23-24(35-4)10-20(14-29-23)38-28-21-11-25(36-5)26(37-6)12-22(21)30-16-31-28/h7-12,14,16H,13,15H2,1-6H3,(H,32,34). The van der Waals surface area contributed by atoms with Crippen LogP contribution in [0.2, 0.25) is 0 Å². The van der Waals surface area contributed by atoms with Crippen LogP contribution in [-0.2, 0) is 17.8 Å². The molecule has 0 spiro atoms. The SMILES string of the molecule is COc1cc2ncnc(Oc3cnc(CC(=O)Nc4cc(C)cc(CN(C)C)c4)c(OC)c3)c2cc1OC. The number of hydrogen-bond donors (Lipinski definition) is 1. The third-order valence-corrected chi connectivity index (χ3v) is 5.69. The van der Waals surface area contributed by atoms with Crippen LogP contribution in [0.25, 0.3) is 10.9 Å². The van der Waals surface area contributed by atoms with Crippen molar-refractivity contribution in [2.75, 3.05) is 40.7 Å². The first-order valence-electron chi connectivity index (χ1n) is 11.9. The first-order chi connectivity index (χ1) is 18.3. The Morgan fingerprint density at radius 3 is 2.34 bits per heavy atom. The smallest absolute Gasteiger partial charge is 0.230 e. The number of fused-ring (bicyclic) bond motifs is 1. The van der Waals surface area contributed by atoms with E-state index >= 15 is 0 Å². The summed E-state index contributed by atoms with van der Waals surface area (Å²) >= 11 is 0. The van der Waals surface area contributed by atoms with E-state index in [-0.39, 0.29) is 12.3 Å². The number of methoxy groups -OCH3 is 3. The van der Waals surface area contributed by atoms with Crippen LogP contribution in [-0.4, -0.2) is 61.2 Å². The summed E-state index contributed by atoms with van der Waals surface area (Å²) in [6, 6.07) is 11.2. The minimum absolute atomic E-state index is 0.0356. The summed E-state index contributed by atoms with van der Waals surface area (Å²) in [4.78, 5) is 27.9. The second-order valence-electron chi connectivity index (χ2n) is 9.00. The number of aryl methyl sites for hydroxylation is 1. The first-order valence-corrected chi connectivity index (χ1v) is 11.9. The summed E-state index contributed by atoms with van der Waals surface area (Å²) in [5.74, 6) is 2.02. The highest BCUT2D eigenvalue weighted by molar-refractivity contribution is 5.92. The van der Waals surface area contributed by atoms with Crippen molar-refractivity contribution in [3.05, 3.63) is 65.7 Å². The summed E-state index contributed by atoms with van der Waals surface area (Å²) in [6.07, 6.45) is 2.97. The first kappa shape index (κ1) is 26.6. The lowest BCUT2D eigenvalue weighted by molar-refractivity contribution is -0.115. The van der Waals surface area contributed by atoms with Crippen LogP contribution in [0, 0.1) is 6.92 Å². The Hall–Kier alpha value is -4.44. The normalized spacial score (nSPS) is 10.9. The lowest BCUT2D eigenvalue weighted by Gasteiger charge is -2.14. The molecule has 0 atom stereocenters. The monoisotopic (exact) mass is 517 g/mol. The predicted molar refractivity (Wildman–Crippen MR) is 144 cm³/mol. The molecule has 0 radical (unpaired) electrons. The van der Waals surface area contributed by atoms with Crippen LogP contribution in [0.1, 0.15) is 16.8 Å². The molecule has 2 aromatic heterocycles. The lowest BCUT2D eigenvalue weighted by Crippen LogP contribution is -2.17. The van der Waals surface area contributed by atoms with Crippen molar-refractivity contribution in [2.24, 2.45) is 0 Å². The van der Waals surface area contributed by atoms with Crippen LogP contribution < -0.4 is 24.3 Å². The maximum atomic E-state index is 12.8. The minimum atomic E-state index is -0.200. The van der Waals surface area contributed by atoms with Gasteiger partial charge in [0.2, 0.25) is 11.8 Å². The van der Waals surface area contributed by atoms with Crippen LogP contribution >= 0.6 is 0 Å². The summed E-state index contributed by atoms with van der Waals surface area (Å²) < 4.78 is 22.3. The predicted octanol–water partition coefficient (Wildman–Crippen LogP) is 4.39. The van der Waals surface area contributed by atoms with Crippen LogP contribution in [0.3, 0.4) is 0 Å². The van der Waals surface area contributed by atoms with E-state index in [1.165, 1.54) is 19.6 Å². The number of amides is 1. The molecule has 2 aromatic carbocycles. The highest BCUT2D eigenvalue weighted by Crippen LogP contribution is 2.36. The van der Waals surface area contributed by atoms with Gasteiger partial charge in [0.1, 0.15) is 12.1 Å². The molecule has 2 heterocycles. The van der Waals surface area contributed by atoms with Crippen molar-refractivity contribution in [2.45, 2.75) is 19.9 Å². The van der Waals surface area contributed by atoms with Gasteiger partial charge in [-0.15, -0.1) is 0 Å². The molecular weight excluding hydrogens is 486 g/mol. The molecule has 0 fully saturated rings. The molecule has 0 aliphatic heterocycles. The van der Waals surface area contributed by atoms with Gasteiger partial charge in [-0.05, 0) is 50.3 Å². The van der Waals surface area contributed by atoms with Crippen LogP contribution in [0.15, 0.2) is 48.9 Å². The molecule has 0 bridgehead atoms. The van der Waals surface area contributed by atoms with Crippen molar-refractivity contribution in [3.63, 3.8) is 0 Å². The number of rotatable bonds is 10. The van der Waals surface area contributed by atoms with Crippen molar-refractivity contribution in [3.8, 4) is 28.9 Å². The Balaban J connectivity index is 1.52. The van der Waals surface area contributed by atoms with Gasteiger partial charge in [0, 0.05) is 24.4 Å². The second kappa shape index (κ2) is 11.7. The quantitative estimate of drug-likeness (QED) is 0.328. The number of pyridine rings is 1. The van der Waals surface area contributed by atoms with E-state index in [0.717, 1.165) is 23.4 Å². The minimum Gasteiger partial charge on any atom is -0.495 e. The number of carbonyl (C=O) groups excluding carboxylic acids is 1. The summed E-state index contributed by atoms with van der Waals surface area (Å²) in [7, 11) is 8.65. The van der Waals surface area contributed by atoms with Gasteiger partial charge in [-0.3, -0.25) is 9.78 Å². The number of anilines is 1. The van der Waals surface area contributed by atoms with Gasteiger partial charge in [0.05, 0.1) is 50.5 Å². The van der Waals surface area contributed by atoms with E-state index < -0.39 is 0 Å². The Morgan fingerprint density at radius 2 is 1.63 bits per heavy atom. The zero-order chi connectivity index (χ0) is 27.2. The molecule has 10 nitrogen and oxygen atoms in total. The summed E-state index contributed by atoms with van der Waals surface area (Å²) in [5, 5.41) is 3.61. The van der Waals surface area contributed by atoms with Gasteiger partial charge < -0.3 is 29.2 Å². The number of benzene rings is 2. The van der Waals surface area contributed by atoms with E-state index in [0.29, 0.717) is 45.5 Å². The highest BCUT2D eigenvalue weighted by atomic mass is 16.5. The molecular formula is C28H31N5O5. The maximum absolute atomic E-state index is 12.8. The van der Waals surface area contributed by atoms with Gasteiger partial charge in [0.25, 0.3) is 0 Å². The van der Waals surface area contributed by atoms with Gasteiger partial charge in [-0.1, -0.05) is 6.07 Å². The molecule has 0 unspecified atom stereocenters. The average molecular weight is 518 g/mol. The number of nitrogens with one attached hydrogen (secondary N) is 1. The third-order valence-electron chi connectivity index (χ3n) is 5.69. The molecule has 4 aromatic rings. The van der Waals surface area contributed by atoms with Crippen LogP contribution in [0.5, 0.6) is 28.9 Å². The van der Waals surface area contributed by atoms with E-state index in [1.54, 1.807) is 32.4 Å². The fourth-order valence-corrected chi connectivity index (χ4v) is 4.12. The number of hydrogen-bond acceptors (Lipinski definition) is 9. The largest absolute Gasteiger partial charge is 0.495 e. The van der Waals surface area contributed by atoms with Gasteiger partial charge in [-0.25, -0.2) is 9.97 Å². The fraction of sp³-hybridized carbons (Fsp3) is 0.286. The molecule has 0 aliphatic carbocycles. The molecule has 1 amide bonds. The Kier molecular flexibility index (Phi) is 8.22. The van der Waals surface area contributed by atoms with Crippen molar-refractivity contribution in [1.29, 1.82) is 0 Å². The maximum Gasteiger partial charge on any atom is 0.230 e. The zero-order valence-electron chi connectivity index (χ0n) is 22.4. The van der Waals surface area contributed by atoms with Gasteiger partial charge in [0.15, 0.2) is 17.2 Å². The Labute approximate surface area is 221 Å². The van der Waals surface area contributed by atoms with E-state index in [1.807, 2.05) is 33.2 Å². The van der Waals surface area contributed by atoms with Crippen molar-refractivity contribution in [1.82, 2.24) is 19.9 Å². The Bertz CT molecular complexity index is 1460. The van der Waals surface area contributed by atoms with Gasteiger partial charge >= 0.3 is 0 Å². The lowest BCUT2D eigenvalue weighted by atomic mass is 10.1. The van der Waals surface area contributed by atoms with E-state index in [9.17, 15) is 4.79 Å². The molecule has 198 valence electrons. The molecule has 0 saturated heterocycles. The molecule has 4 rings (SSSR count). The number of aromatic nitrogens is 3.